The lowest BCUT2D eigenvalue weighted by atomic mass is 10.0. The predicted molar refractivity (Wildman–Crippen MR) is 85.4 cm³/mol. The summed E-state index contributed by atoms with van der Waals surface area (Å²) in [7, 11) is 0. The molecule has 0 aliphatic carbocycles. The molecule has 0 aliphatic heterocycles. The molecule has 0 fully saturated rings. The fourth-order valence-electron chi connectivity index (χ4n) is 1.91. The number of rotatable bonds is 6. The minimum absolute atomic E-state index is 0.0307. The molecule has 4 nitrogen and oxygen atoms in total. The Morgan fingerprint density at radius 1 is 0.955 bits per heavy atom. The van der Waals surface area contributed by atoms with Gasteiger partial charge in [-0.25, -0.2) is 0 Å². The molecule has 2 aromatic carbocycles. The molecule has 2 rings (SSSR count). The average Bonchev–Trinajstić information content (AvgIpc) is 2.58. The van der Waals surface area contributed by atoms with Gasteiger partial charge in [0.15, 0.2) is 5.78 Å². The summed E-state index contributed by atoms with van der Waals surface area (Å²) in [6, 6.07) is 16.1. The van der Waals surface area contributed by atoms with Gasteiger partial charge in [0.2, 0.25) is 5.91 Å². The Labute approximate surface area is 129 Å². The van der Waals surface area contributed by atoms with E-state index in [1.54, 1.807) is 42.5 Å². The van der Waals surface area contributed by atoms with E-state index in [9.17, 15) is 9.59 Å². The van der Waals surface area contributed by atoms with Gasteiger partial charge in [-0.3, -0.25) is 9.59 Å². The minimum Gasteiger partial charge on any atom is -0.395 e. The van der Waals surface area contributed by atoms with Crippen LogP contribution in [-0.4, -0.2) is 29.9 Å². The van der Waals surface area contributed by atoms with Gasteiger partial charge in [0, 0.05) is 23.7 Å². The molecule has 0 unspecified atom stereocenters. The third-order valence-corrected chi connectivity index (χ3v) is 3.05. The van der Waals surface area contributed by atoms with Gasteiger partial charge >= 0.3 is 0 Å². The molecule has 0 atom stereocenters. The van der Waals surface area contributed by atoms with Gasteiger partial charge < -0.3 is 10.4 Å². The SMILES string of the molecule is O=C(/C=C/c1ccc(C(=O)c2ccccc2)cc1)NCCO. The molecule has 0 saturated heterocycles. The number of benzene rings is 2. The molecule has 22 heavy (non-hydrogen) atoms. The first-order chi connectivity index (χ1) is 10.7. The lowest BCUT2D eigenvalue weighted by Gasteiger charge is -2.02. The second-order valence-electron chi connectivity index (χ2n) is 4.67. The molecule has 0 aromatic heterocycles. The van der Waals surface area contributed by atoms with Crippen molar-refractivity contribution in [3.63, 3.8) is 0 Å². The first-order valence-corrected chi connectivity index (χ1v) is 6.97. The van der Waals surface area contributed by atoms with Crippen molar-refractivity contribution >= 4 is 17.8 Å². The van der Waals surface area contributed by atoms with E-state index in [2.05, 4.69) is 5.32 Å². The van der Waals surface area contributed by atoms with Crippen LogP contribution < -0.4 is 5.32 Å². The predicted octanol–water partition coefficient (Wildman–Crippen LogP) is 2.04. The first kappa shape index (κ1) is 15.7. The van der Waals surface area contributed by atoms with Crippen LogP contribution in [0.3, 0.4) is 0 Å². The van der Waals surface area contributed by atoms with Gasteiger partial charge in [-0.2, -0.15) is 0 Å². The first-order valence-electron chi connectivity index (χ1n) is 6.97. The number of hydrogen-bond donors (Lipinski definition) is 2. The van der Waals surface area contributed by atoms with E-state index < -0.39 is 0 Å². The molecule has 0 spiro atoms. The van der Waals surface area contributed by atoms with Crippen molar-refractivity contribution in [3.05, 3.63) is 77.4 Å². The van der Waals surface area contributed by atoms with E-state index in [4.69, 9.17) is 5.11 Å². The maximum Gasteiger partial charge on any atom is 0.244 e. The zero-order valence-electron chi connectivity index (χ0n) is 12.0. The van der Waals surface area contributed by atoms with Gasteiger partial charge in [-0.05, 0) is 11.6 Å². The Morgan fingerprint density at radius 2 is 1.59 bits per heavy atom. The Kier molecular flexibility index (Phi) is 5.63. The fraction of sp³-hybridized carbons (Fsp3) is 0.111. The second kappa shape index (κ2) is 7.90. The number of carbonyl (C=O) groups excluding carboxylic acids is 2. The highest BCUT2D eigenvalue weighted by atomic mass is 16.3. The summed E-state index contributed by atoms with van der Waals surface area (Å²) in [4.78, 5) is 23.6. The lowest BCUT2D eigenvalue weighted by Crippen LogP contribution is -2.24. The quantitative estimate of drug-likeness (QED) is 0.633. The van der Waals surface area contributed by atoms with Crippen LogP contribution in [0.5, 0.6) is 0 Å². The summed E-state index contributed by atoms with van der Waals surface area (Å²) in [6.07, 6.45) is 3.05. The van der Waals surface area contributed by atoms with Crippen molar-refractivity contribution in [1.29, 1.82) is 0 Å². The molecule has 0 heterocycles. The normalized spacial score (nSPS) is 10.6. The number of nitrogens with one attached hydrogen (secondary N) is 1. The van der Waals surface area contributed by atoms with Crippen molar-refractivity contribution < 1.29 is 14.7 Å². The molecule has 0 aliphatic rings. The third kappa shape index (κ3) is 4.40. The molecule has 0 bridgehead atoms. The molecule has 0 saturated carbocycles. The number of hydrogen-bond acceptors (Lipinski definition) is 3. The minimum atomic E-state index is -0.265. The van der Waals surface area contributed by atoms with Crippen molar-refractivity contribution in [3.8, 4) is 0 Å². The zero-order valence-corrected chi connectivity index (χ0v) is 12.0. The smallest absolute Gasteiger partial charge is 0.244 e. The summed E-state index contributed by atoms with van der Waals surface area (Å²) < 4.78 is 0. The standard InChI is InChI=1S/C18H17NO3/c20-13-12-19-17(21)11-8-14-6-9-16(10-7-14)18(22)15-4-2-1-3-5-15/h1-11,20H,12-13H2,(H,19,21)/b11-8+. The van der Waals surface area contributed by atoms with E-state index in [0.717, 1.165) is 5.56 Å². The van der Waals surface area contributed by atoms with Gasteiger partial charge in [0.25, 0.3) is 0 Å². The van der Waals surface area contributed by atoms with Crippen molar-refractivity contribution in [1.82, 2.24) is 5.32 Å². The summed E-state index contributed by atoms with van der Waals surface area (Å²) in [5.74, 6) is -0.296. The van der Waals surface area contributed by atoms with Crippen molar-refractivity contribution in [2.24, 2.45) is 0 Å². The van der Waals surface area contributed by atoms with E-state index in [1.165, 1.54) is 6.08 Å². The van der Waals surface area contributed by atoms with Crippen LogP contribution >= 0.6 is 0 Å². The van der Waals surface area contributed by atoms with E-state index >= 15 is 0 Å². The third-order valence-electron chi connectivity index (χ3n) is 3.05. The van der Waals surface area contributed by atoms with Crippen LogP contribution in [0, 0.1) is 0 Å². The van der Waals surface area contributed by atoms with E-state index in [0.29, 0.717) is 11.1 Å². The Balaban J connectivity index is 2.03. The molecule has 4 heteroatoms. The zero-order chi connectivity index (χ0) is 15.8. The second-order valence-corrected chi connectivity index (χ2v) is 4.67. The van der Waals surface area contributed by atoms with Crippen molar-refractivity contribution in [2.75, 3.05) is 13.2 Å². The number of aliphatic hydroxyl groups excluding tert-OH is 1. The average molecular weight is 295 g/mol. The Hall–Kier alpha value is -2.72. The van der Waals surface area contributed by atoms with E-state index in [-0.39, 0.29) is 24.8 Å². The van der Waals surface area contributed by atoms with Crippen LogP contribution in [0.4, 0.5) is 0 Å². The van der Waals surface area contributed by atoms with Crippen LogP contribution in [0.2, 0.25) is 0 Å². The summed E-state index contributed by atoms with van der Waals surface area (Å²) >= 11 is 0. The number of amides is 1. The van der Waals surface area contributed by atoms with Crippen LogP contribution in [0.1, 0.15) is 21.5 Å². The molecule has 112 valence electrons. The maximum absolute atomic E-state index is 12.2. The highest BCUT2D eigenvalue weighted by Gasteiger charge is 2.07. The number of carbonyl (C=O) groups is 2. The summed E-state index contributed by atoms with van der Waals surface area (Å²) in [6.45, 7) is 0.142. The van der Waals surface area contributed by atoms with Gasteiger partial charge in [0.05, 0.1) is 6.61 Å². The van der Waals surface area contributed by atoms with Crippen LogP contribution in [-0.2, 0) is 4.79 Å². The summed E-state index contributed by atoms with van der Waals surface area (Å²) in [5.41, 5.74) is 2.08. The Morgan fingerprint density at radius 3 is 2.23 bits per heavy atom. The lowest BCUT2D eigenvalue weighted by molar-refractivity contribution is -0.116. The maximum atomic E-state index is 12.2. The van der Waals surface area contributed by atoms with Crippen molar-refractivity contribution in [2.45, 2.75) is 0 Å². The molecule has 2 aromatic rings. The molecule has 2 N–H and O–H groups in total. The molecular weight excluding hydrogens is 278 g/mol. The van der Waals surface area contributed by atoms with Gasteiger partial charge in [-0.1, -0.05) is 54.6 Å². The highest BCUT2D eigenvalue weighted by Crippen LogP contribution is 2.11. The number of aliphatic hydroxyl groups is 1. The monoisotopic (exact) mass is 295 g/mol. The Bertz CT molecular complexity index is 660. The molecule has 0 radical (unpaired) electrons. The van der Waals surface area contributed by atoms with E-state index in [1.807, 2.05) is 18.2 Å². The fourth-order valence-corrected chi connectivity index (χ4v) is 1.91. The largest absolute Gasteiger partial charge is 0.395 e. The van der Waals surface area contributed by atoms with Gasteiger partial charge in [-0.15, -0.1) is 0 Å². The van der Waals surface area contributed by atoms with Gasteiger partial charge in [0.1, 0.15) is 0 Å². The summed E-state index contributed by atoms with van der Waals surface area (Å²) in [5, 5.41) is 11.1. The van der Waals surface area contributed by atoms with Crippen LogP contribution in [0.15, 0.2) is 60.7 Å². The van der Waals surface area contributed by atoms with Crippen LogP contribution in [0.25, 0.3) is 6.08 Å². The molecular formula is C18H17NO3. The topological polar surface area (TPSA) is 66.4 Å². The number of ketones is 1. The highest BCUT2D eigenvalue weighted by molar-refractivity contribution is 6.09. The molecule has 1 amide bonds.